The molecule has 5 aromatic rings. The van der Waals surface area contributed by atoms with E-state index in [-0.39, 0.29) is 64.5 Å². The minimum Gasteiger partial charge on any atom is -0.619 e. The average Bonchev–Trinajstić information content (AvgIpc) is 4.08. The zero-order chi connectivity index (χ0) is 48.2. The zero-order valence-electron chi connectivity index (χ0n) is 37.3. The van der Waals surface area contributed by atoms with E-state index in [0.717, 1.165) is 56.7 Å². The molecule has 1 aromatic heterocycles. The highest BCUT2D eigenvalue weighted by Crippen LogP contribution is 2.51. The lowest BCUT2D eigenvalue weighted by atomic mass is 9.84. The number of esters is 1. The Morgan fingerprint density at radius 2 is 1.61 bits per heavy atom. The standard InChI is InChI=1S/C51H50Cl2F2N4O9S/c52-41-27-59(64)28-42(53)39(41)25-40(35-14-15-43(67-49(54)55)44(24-35)65-30-31-12-13-31)51(48(61)62)58(20-21-69-51)26-32-6-4-11-38(22-32)66-47(60)37-10-5-9-36(23-37)46(34-7-2-1-3-8-34)56-50(63)68-45-29-57-18-16-33(45)17-19-57/h1-11,14-15,22-24,27-28,31,33,40,45-46,49H,12-13,16-21,25-26,29-30H2,(H,56,63)(H,61,62)/t40-,45-,46?,51-/m0/s1. The summed E-state index contributed by atoms with van der Waals surface area (Å²) in [6, 6.07) is 26.9. The van der Waals surface area contributed by atoms with Crippen LogP contribution in [0.15, 0.2) is 109 Å². The molecule has 69 heavy (non-hydrogen) atoms. The SMILES string of the molecule is O=C(NC(c1ccccc1)c1cccc(C(=O)Oc2cccc(CN3CCS[C@]3(C(=O)O)[C@@H](Cc3c(Cl)c[n+]([O-])cc3Cl)c3ccc(OC(F)F)c(OCC4CC4)c3)c2)c1)O[C@H]1CN2CCC1CC2. The van der Waals surface area contributed by atoms with Gasteiger partial charge in [0.15, 0.2) is 28.8 Å². The van der Waals surface area contributed by atoms with Gasteiger partial charge in [-0.2, -0.15) is 13.5 Å². The van der Waals surface area contributed by atoms with Crippen LogP contribution in [0.5, 0.6) is 17.2 Å². The Labute approximate surface area is 412 Å². The first-order valence-corrected chi connectivity index (χ1v) is 24.6. The van der Waals surface area contributed by atoms with E-state index in [1.165, 1.54) is 30.0 Å². The molecule has 4 aromatic carbocycles. The molecule has 1 aliphatic carbocycles. The summed E-state index contributed by atoms with van der Waals surface area (Å²) in [6.45, 7) is 0.297. The summed E-state index contributed by atoms with van der Waals surface area (Å²) in [4.78, 5) is 43.7. The van der Waals surface area contributed by atoms with Gasteiger partial charge in [0.05, 0.1) is 18.2 Å². The number of piperidine rings is 3. The second-order valence-corrected chi connectivity index (χ2v) is 20.0. The van der Waals surface area contributed by atoms with Gasteiger partial charge in [-0.15, -0.1) is 11.8 Å². The maximum absolute atomic E-state index is 13.9. The van der Waals surface area contributed by atoms with Gasteiger partial charge in [0.25, 0.3) is 0 Å². The second-order valence-electron chi connectivity index (χ2n) is 17.9. The Morgan fingerprint density at radius 3 is 2.30 bits per heavy atom. The molecular formula is C51H50Cl2F2N4O9S. The number of ether oxygens (including phenoxy) is 4. The van der Waals surface area contributed by atoms with Crippen LogP contribution < -0.4 is 24.3 Å². The number of carbonyl (C=O) groups is 3. The summed E-state index contributed by atoms with van der Waals surface area (Å²) in [6.07, 6.45) is 5.34. The van der Waals surface area contributed by atoms with Crippen molar-refractivity contribution in [3.8, 4) is 17.2 Å². The van der Waals surface area contributed by atoms with Crippen LogP contribution in [-0.4, -0.2) is 89.1 Å². The van der Waals surface area contributed by atoms with Crippen LogP contribution in [0.1, 0.15) is 75.8 Å². The van der Waals surface area contributed by atoms with Crippen LogP contribution in [0.4, 0.5) is 13.6 Å². The number of nitrogens with one attached hydrogen (secondary N) is 1. The van der Waals surface area contributed by atoms with Crippen molar-refractivity contribution in [2.24, 2.45) is 11.8 Å². The number of benzene rings is 4. The Morgan fingerprint density at radius 1 is 0.870 bits per heavy atom. The molecule has 2 bridgehead atoms. The van der Waals surface area contributed by atoms with Crippen LogP contribution in [-0.2, 0) is 22.5 Å². The molecule has 13 nitrogen and oxygen atoms in total. The van der Waals surface area contributed by atoms with Gasteiger partial charge < -0.3 is 34.6 Å². The van der Waals surface area contributed by atoms with E-state index < -0.39 is 41.5 Å². The highest BCUT2D eigenvalue weighted by molar-refractivity contribution is 8.01. The average molecular weight is 1000 g/mol. The molecule has 2 N–H and O–H groups in total. The van der Waals surface area contributed by atoms with E-state index in [1.807, 2.05) is 36.4 Å². The van der Waals surface area contributed by atoms with Crippen molar-refractivity contribution in [2.45, 2.75) is 68.2 Å². The van der Waals surface area contributed by atoms with Crippen molar-refractivity contribution >= 4 is 53.0 Å². The number of hydrogen-bond acceptors (Lipinski definition) is 11. The van der Waals surface area contributed by atoms with Crippen molar-refractivity contribution in [3.63, 3.8) is 0 Å². The van der Waals surface area contributed by atoms with Crippen LogP contribution in [0, 0.1) is 17.0 Å². The third-order valence-electron chi connectivity index (χ3n) is 13.3. The molecule has 1 saturated carbocycles. The smallest absolute Gasteiger partial charge is 0.408 e. The minimum atomic E-state index is -3.13. The summed E-state index contributed by atoms with van der Waals surface area (Å²) in [7, 11) is 0. The molecule has 4 aliphatic heterocycles. The van der Waals surface area contributed by atoms with Gasteiger partial charge in [-0.3, -0.25) is 9.80 Å². The molecule has 4 saturated heterocycles. The molecular weight excluding hydrogens is 954 g/mol. The van der Waals surface area contributed by atoms with E-state index in [4.69, 9.17) is 42.1 Å². The summed E-state index contributed by atoms with van der Waals surface area (Å²) in [5, 5.41) is 26.7. The van der Waals surface area contributed by atoms with Crippen molar-refractivity contribution in [3.05, 3.63) is 158 Å². The Balaban J connectivity index is 0.968. The lowest BCUT2D eigenvalue weighted by molar-refractivity contribution is -0.605. The highest BCUT2D eigenvalue weighted by atomic mass is 35.5. The molecule has 4 atom stereocenters. The molecule has 1 unspecified atom stereocenters. The zero-order valence-corrected chi connectivity index (χ0v) is 39.6. The maximum Gasteiger partial charge on any atom is 0.408 e. The topological polar surface area (TPSA) is 154 Å². The van der Waals surface area contributed by atoms with Crippen LogP contribution in [0.3, 0.4) is 0 Å². The van der Waals surface area contributed by atoms with Gasteiger partial charge in [0.2, 0.25) is 0 Å². The van der Waals surface area contributed by atoms with Gasteiger partial charge in [-0.25, -0.2) is 14.4 Å². The summed E-state index contributed by atoms with van der Waals surface area (Å²) < 4.78 is 50.4. The number of hydrogen-bond donors (Lipinski definition) is 2. The highest BCUT2D eigenvalue weighted by Gasteiger charge is 2.55. The maximum atomic E-state index is 13.9. The number of amides is 1. The van der Waals surface area contributed by atoms with E-state index in [0.29, 0.717) is 51.7 Å². The molecule has 0 radical (unpaired) electrons. The van der Waals surface area contributed by atoms with E-state index in [2.05, 4.69) is 10.2 Å². The Hall–Kier alpha value is -5.65. The lowest BCUT2D eigenvalue weighted by Crippen LogP contribution is -2.53. The fourth-order valence-electron chi connectivity index (χ4n) is 9.66. The summed E-state index contributed by atoms with van der Waals surface area (Å²) in [5.41, 5.74) is 3.06. The number of nitrogens with zero attached hydrogens (tertiary/aromatic N) is 3. The van der Waals surface area contributed by atoms with Gasteiger partial charge >= 0.3 is 24.6 Å². The largest absolute Gasteiger partial charge is 0.619 e. The normalized spacial score (nSPS) is 21.9. The molecule has 0 spiro atoms. The Kier molecular flexibility index (Phi) is 14.8. The van der Waals surface area contributed by atoms with Crippen LogP contribution >= 0.6 is 35.0 Å². The first-order valence-electron chi connectivity index (χ1n) is 22.9. The predicted octanol–water partition coefficient (Wildman–Crippen LogP) is 9.50. The van der Waals surface area contributed by atoms with Gasteiger partial charge in [-0.1, -0.05) is 83.9 Å². The fourth-order valence-corrected chi connectivity index (χ4v) is 11.8. The number of alkyl carbamates (subject to hydrolysis) is 1. The monoisotopic (exact) mass is 1000 g/mol. The fraction of sp³-hybridized carbons (Fsp3) is 0.373. The van der Waals surface area contributed by atoms with Crippen molar-refractivity contribution in [1.82, 2.24) is 15.1 Å². The predicted molar refractivity (Wildman–Crippen MR) is 255 cm³/mol. The third kappa shape index (κ3) is 11.2. The van der Waals surface area contributed by atoms with Crippen molar-refractivity contribution in [2.75, 3.05) is 38.5 Å². The van der Waals surface area contributed by atoms with Gasteiger partial charge in [0.1, 0.15) is 21.9 Å². The first-order chi connectivity index (χ1) is 33.3. The number of rotatable bonds is 18. The number of carboxylic acids is 1. The number of aliphatic carboxylic acids is 1. The molecule has 362 valence electrons. The number of pyridine rings is 1. The number of aromatic nitrogens is 1. The molecule has 18 heteroatoms. The van der Waals surface area contributed by atoms with Crippen LogP contribution in [0.2, 0.25) is 10.0 Å². The molecule has 5 aliphatic rings. The number of alkyl halides is 2. The Bertz CT molecular complexity index is 2650. The minimum absolute atomic E-state index is 0.0227. The lowest BCUT2D eigenvalue weighted by Gasteiger charge is -2.43. The number of carbonyl (C=O) groups excluding carboxylic acids is 2. The van der Waals surface area contributed by atoms with E-state index in [1.54, 1.807) is 47.4 Å². The van der Waals surface area contributed by atoms with Gasteiger partial charge in [0, 0.05) is 36.9 Å². The third-order valence-corrected chi connectivity index (χ3v) is 15.5. The molecule has 10 rings (SSSR count). The van der Waals surface area contributed by atoms with E-state index >= 15 is 0 Å². The first kappa shape index (κ1) is 48.4. The molecule has 5 fully saturated rings. The second kappa shape index (κ2) is 21.1. The quantitative estimate of drug-likeness (QED) is 0.0372. The number of carboxylic acid groups (broad SMARTS) is 1. The summed E-state index contributed by atoms with van der Waals surface area (Å²) >= 11 is 14.4. The molecule has 1 amide bonds. The number of halogens is 4. The number of thioether (sulfide) groups is 1. The number of fused-ring (bicyclic) bond motifs is 3. The molecule has 5 heterocycles. The van der Waals surface area contributed by atoms with E-state index in [9.17, 15) is 33.5 Å². The van der Waals surface area contributed by atoms with Crippen molar-refractivity contribution in [1.29, 1.82) is 0 Å². The van der Waals surface area contributed by atoms with Crippen molar-refractivity contribution < 1.29 is 51.9 Å². The van der Waals surface area contributed by atoms with Crippen LogP contribution in [0.25, 0.3) is 0 Å². The van der Waals surface area contributed by atoms with Gasteiger partial charge in [-0.05, 0) is 116 Å². The summed E-state index contributed by atoms with van der Waals surface area (Å²) in [5.74, 6) is -1.72.